The van der Waals surface area contributed by atoms with Gasteiger partial charge in [0.05, 0.1) is 12.5 Å². The number of benzene rings is 1. The van der Waals surface area contributed by atoms with E-state index in [2.05, 4.69) is 28.6 Å². The van der Waals surface area contributed by atoms with Crippen LogP contribution in [0.15, 0.2) is 24.3 Å². The Balaban J connectivity index is 2.87. The van der Waals surface area contributed by atoms with Gasteiger partial charge in [-0.25, -0.2) is 4.79 Å². The third-order valence-corrected chi connectivity index (χ3v) is 5.49. The normalized spacial score (nSPS) is 14.1. The van der Waals surface area contributed by atoms with Crippen molar-refractivity contribution in [3.05, 3.63) is 29.8 Å². The summed E-state index contributed by atoms with van der Waals surface area (Å²) in [5.74, 6) is -5.57. The van der Waals surface area contributed by atoms with Crippen LogP contribution in [-0.4, -0.2) is 81.4 Å². The molecule has 36 heavy (non-hydrogen) atoms. The van der Waals surface area contributed by atoms with Crippen LogP contribution < -0.4 is 27.4 Å². The minimum atomic E-state index is -1.63. The smallest absolute Gasteiger partial charge is 0.326 e. The number of carbonyl (C=O) groups excluding carboxylic acids is 3. The third-order valence-electron chi connectivity index (χ3n) is 5.12. The highest BCUT2D eigenvalue weighted by atomic mass is 32.1. The number of thiol groups is 1. The molecule has 10 N–H and O–H groups in total. The van der Waals surface area contributed by atoms with Crippen LogP contribution in [0.5, 0.6) is 5.75 Å². The van der Waals surface area contributed by atoms with Gasteiger partial charge in [0.15, 0.2) is 0 Å². The molecular weight excluding hydrogens is 494 g/mol. The molecule has 1 rings (SSSR count). The number of nitrogens with one attached hydrogen (secondary N) is 3. The van der Waals surface area contributed by atoms with Crippen molar-refractivity contribution >= 4 is 42.3 Å². The molecule has 0 radical (unpaired) electrons. The number of phenols is 1. The van der Waals surface area contributed by atoms with Gasteiger partial charge >= 0.3 is 11.9 Å². The van der Waals surface area contributed by atoms with Crippen LogP contribution >= 0.6 is 12.6 Å². The van der Waals surface area contributed by atoms with Crippen LogP contribution in [-0.2, 0) is 30.4 Å². The Hall–Kier alpha value is -3.36. The summed E-state index contributed by atoms with van der Waals surface area (Å²) in [6, 6.07) is 0.428. The summed E-state index contributed by atoms with van der Waals surface area (Å²) in [6.45, 7) is 0.445. The number of unbranched alkanes of at least 4 members (excludes halogenated alkanes) is 1. The monoisotopic (exact) mass is 527 g/mol. The molecule has 1 aromatic rings. The second-order valence-electron chi connectivity index (χ2n) is 8.06. The number of phenolic OH excluding ortho intramolecular Hbond substituents is 1. The van der Waals surface area contributed by atoms with Crippen LogP contribution in [0.3, 0.4) is 0 Å². The Bertz CT molecular complexity index is 914. The summed E-state index contributed by atoms with van der Waals surface area (Å²) in [5, 5.41) is 34.9. The van der Waals surface area contributed by atoms with Crippen molar-refractivity contribution in [3.8, 4) is 5.75 Å². The number of aliphatic carboxylic acids is 2. The number of hydrogen-bond acceptors (Lipinski definition) is 9. The van der Waals surface area contributed by atoms with Crippen molar-refractivity contribution in [1.82, 2.24) is 16.0 Å². The number of carboxylic acids is 2. The Kier molecular flexibility index (Phi) is 13.3. The topological polar surface area (TPSA) is 234 Å². The van der Waals surface area contributed by atoms with Crippen molar-refractivity contribution in [2.24, 2.45) is 11.5 Å². The van der Waals surface area contributed by atoms with Gasteiger partial charge in [-0.3, -0.25) is 19.2 Å². The predicted molar refractivity (Wildman–Crippen MR) is 132 cm³/mol. The molecule has 0 saturated heterocycles. The van der Waals surface area contributed by atoms with Crippen molar-refractivity contribution < 1.29 is 39.3 Å². The van der Waals surface area contributed by atoms with Gasteiger partial charge < -0.3 is 42.7 Å². The lowest BCUT2D eigenvalue weighted by atomic mass is 10.0. The lowest BCUT2D eigenvalue weighted by molar-refractivity contribution is -0.143. The van der Waals surface area contributed by atoms with Gasteiger partial charge in [-0.1, -0.05) is 18.6 Å². The van der Waals surface area contributed by atoms with E-state index < -0.39 is 60.2 Å². The lowest BCUT2D eigenvalue weighted by Crippen LogP contribution is -2.58. The molecule has 14 heteroatoms. The maximum Gasteiger partial charge on any atom is 0.326 e. The number of rotatable bonds is 16. The van der Waals surface area contributed by atoms with Crippen molar-refractivity contribution in [2.45, 2.75) is 56.3 Å². The number of amides is 3. The Morgan fingerprint density at radius 2 is 1.42 bits per heavy atom. The molecule has 0 saturated carbocycles. The molecule has 0 aliphatic carbocycles. The quantitative estimate of drug-likeness (QED) is 0.0876. The van der Waals surface area contributed by atoms with E-state index in [1.165, 1.54) is 24.3 Å². The van der Waals surface area contributed by atoms with Crippen molar-refractivity contribution in [2.75, 3.05) is 12.3 Å². The highest BCUT2D eigenvalue weighted by molar-refractivity contribution is 7.80. The zero-order valence-electron chi connectivity index (χ0n) is 19.6. The summed E-state index contributed by atoms with van der Waals surface area (Å²) < 4.78 is 0. The highest BCUT2D eigenvalue weighted by Gasteiger charge is 2.31. The van der Waals surface area contributed by atoms with Crippen LogP contribution in [0.4, 0.5) is 0 Å². The van der Waals surface area contributed by atoms with Crippen LogP contribution in [0.2, 0.25) is 0 Å². The maximum absolute atomic E-state index is 12.7. The minimum absolute atomic E-state index is 0.0266. The molecule has 200 valence electrons. The fraction of sp³-hybridized carbons (Fsp3) is 0.500. The molecule has 0 bridgehead atoms. The molecule has 1 aromatic carbocycles. The fourth-order valence-electron chi connectivity index (χ4n) is 3.11. The van der Waals surface area contributed by atoms with Gasteiger partial charge in [-0.15, -0.1) is 0 Å². The predicted octanol–water partition coefficient (Wildman–Crippen LogP) is -1.67. The Morgan fingerprint density at radius 3 is 1.94 bits per heavy atom. The van der Waals surface area contributed by atoms with Gasteiger partial charge in [0.1, 0.15) is 23.9 Å². The number of carbonyl (C=O) groups is 5. The third kappa shape index (κ3) is 10.9. The summed E-state index contributed by atoms with van der Waals surface area (Å²) in [4.78, 5) is 60.7. The average molecular weight is 528 g/mol. The van der Waals surface area contributed by atoms with Gasteiger partial charge in [0.25, 0.3) is 0 Å². The molecule has 0 aliphatic rings. The molecule has 0 aromatic heterocycles. The molecule has 0 heterocycles. The van der Waals surface area contributed by atoms with E-state index in [9.17, 15) is 39.3 Å². The first-order valence-electron chi connectivity index (χ1n) is 11.2. The van der Waals surface area contributed by atoms with Crippen molar-refractivity contribution in [3.63, 3.8) is 0 Å². The first-order valence-corrected chi connectivity index (χ1v) is 11.8. The summed E-state index contributed by atoms with van der Waals surface area (Å²) in [5.41, 5.74) is 11.7. The van der Waals surface area contributed by atoms with Crippen molar-refractivity contribution in [1.29, 1.82) is 0 Å². The standard InChI is InChI=1S/C22H33N5O8S/c23-8-2-1-3-14(24)19(31)27-17(11-36)21(33)25-15(10-18(29)30)20(32)26-16(22(34)35)9-12-4-6-13(28)7-5-12/h4-7,14-17,28,36H,1-3,8-11,23-24H2,(H,25,33)(H,26,32)(H,27,31)(H,29,30)(H,34,35). The summed E-state index contributed by atoms with van der Waals surface area (Å²) >= 11 is 4.03. The number of carboxylic acid groups (broad SMARTS) is 2. The zero-order valence-corrected chi connectivity index (χ0v) is 20.4. The van der Waals surface area contributed by atoms with E-state index >= 15 is 0 Å². The molecule has 0 aliphatic heterocycles. The highest BCUT2D eigenvalue weighted by Crippen LogP contribution is 2.12. The maximum atomic E-state index is 12.7. The van der Waals surface area contributed by atoms with Crippen LogP contribution in [0.25, 0.3) is 0 Å². The number of aromatic hydroxyl groups is 1. The first-order chi connectivity index (χ1) is 17.0. The van der Waals surface area contributed by atoms with Gasteiger partial charge in [-0.2, -0.15) is 12.6 Å². The van der Waals surface area contributed by atoms with E-state index in [1.807, 2.05) is 0 Å². The van der Waals surface area contributed by atoms with Crippen LogP contribution in [0.1, 0.15) is 31.2 Å². The number of nitrogens with two attached hydrogens (primary N) is 2. The van der Waals surface area contributed by atoms with Gasteiger partial charge in [0, 0.05) is 12.2 Å². The Labute approximate surface area is 213 Å². The molecular formula is C22H33N5O8S. The molecule has 0 spiro atoms. The zero-order chi connectivity index (χ0) is 27.3. The van der Waals surface area contributed by atoms with E-state index in [0.717, 1.165) is 0 Å². The van der Waals surface area contributed by atoms with Gasteiger partial charge in [-0.05, 0) is 37.1 Å². The minimum Gasteiger partial charge on any atom is -0.508 e. The van der Waals surface area contributed by atoms with Crippen LogP contribution in [0, 0.1) is 0 Å². The molecule has 3 amide bonds. The lowest BCUT2D eigenvalue weighted by Gasteiger charge is -2.24. The van der Waals surface area contributed by atoms with Gasteiger partial charge in [0.2, 0.25) is 17.7 Å². The largest absolute Gasteiger partial charge is 0.508 e. The van der Waals surface area contributed by atoms with E-state index in [4.69, 9.17) is 11.5 Å². The summed E-state index contributed by atoms with van der Waals surface area (Å²) in [7, 11) is 0. The molecule has 0 fully saturated rings. The van der Waals surface area contributed by atoms with E-state index in [1.54, 1.807) is 0 Å². The number of hydrogen-bond donors (Lipinski definition) is 9. The van der Waals surface area contributed by atoms with E-state index in [-0.39, 0.29) is 17.9 Å². The SMILES string of the molecule is NCCCCC(N)C(=O)NC(CS)C(=O)NC(CC(=O)O)C(=O)NC(Cc1ccc(O)cc1)C(=O)O. The first kappa shape index (κ1) is 30.7. The summed E-state index contributed by atoms with van der Waals surface area (Å²) in [6.07, 6.45) is 0.624. The second kappa shape index (κ2) is 15.6. The molecule has 13 nitrogen and oxygen atoms in total. The molecule has 4 unspecified atom stereocenters. The average Bonchev–Trinajstić information content (AvgIpc) is 2.82. The second-order valence-corrected chi connectivity index (χ2v) is 8.43. The van der Waals surface area contributed by atoms with E-state index in [0.29, 0.717) is 31.4 Å². The molecule has 4 atom stereocenters. The fourth-order valence-corrected chi connectivity index (χ4v) is 3.37. The Morgan fingerprint density at radius 1 is 0.861 bits per heavy atom.